The summed E-state index contributed by atoms with van der Waals surface area (Å²) in [5.74, 6) is -0.0711. The van der Waals surface area contributed by atoms with Gasteiger partial charge in [0.05, 0.1) is 16.8 Å². The predicted molar refractivity (Wildman–Crippen MR) is 103 cm³/mol. The number of pyridine rings is 1. The van der Waals surface area contributed by atoms with Crippen molar-refractivity contribution in [3.8, 4) is 11.4 Å². The summed E-state index contributed by atoms with van der Waals surface area (Å²) < 4.78 is 41.1. The number of aromatic nitrogens is 1. The number of para-hydroxylation sites is 1. The first-order valence-corrected chi connectivity index (χ1v) is 8.64. The molecular weight excluding hydrogens is 367 g/mol. The van der Waals surface area contributed by atoms with E-state index >= 15 is 0 Å². The summed E-state index contributed by atoms with van der Waals surface area (Å²) in [4.78, 5) is 13.3. The zero-order valence-electron chi connectivity index (χ0n) is 15.1. The van der Waals surface area contributed by atoms with Gasteiger partial charge in [-0.2, -0.15) is 13.2 Å². The van der Waals surface area contributed by atoms with Gasteiger partial charge in [0, 0.05) is 16.8 Å². The normalized spacial score (nSPS) is 12.0. The van der Waals surface area contributed by atoms with Crippen LogP contribution in [0.1, 0.15) is 16.7 Å². The Hall–Kier alpha value is -3.28. The quantitative estimate of drug-likeness (QED) is 0.442. The Morgan fingerprint density at radius 1 is 0.857 bits per heavy atom. The monoisotopic (exact) mass is 383 g/mol. The van der Waals surface area contributed by atoms with E-state index in [4.69, 9.17) is 0 Å². The number of hydrogen-bond donors (Lipinski definition) is 1. The summed E-state index contributed by atoms with van der Waals surface area (Å²) in [6.45, 7) is 3.72. The number of halogens is 3. The van der Waals surface area contributed by atoms with E-state index in [0.717, 1.165) is 23.3 Å². The fourth-order valence-corrected chi connectivity index (χ4v) is 3.67. The Morgan fingerprint density at radius 3 is 2.14 bits per heavy atom. The van der Waals surface area contributed by atoms with Gasteiger partial charge >= 0.3 is 6.18 Å². The number of fused-ring (bicyclic) bond motifs is 3. The van der Waals surface area contributed by atoms with Gasteiger partial charge in [0.25, 0.3) is 5.56 Å². The van der Waals surface area contributed by atoms with E-state index in [1.807, 2.05) is 32.0 Å². The van der Waals surface area contributed by atoms with Crippen molar-refractivity contribution in [1.29, 1.82) is 0 Å². The van der Waals surface area contributed by atoms with Crippen LogP contribution in [0.3, 0.4) is 0 Å². The molecule has 0 aliphatic heterocycles. The number of alkyl halides is 3. The summed E-state index contributed by atoms with van der Waals surface area (Å²) >= 11 is 0. The minimum atomic E-state index is -4.51. The van der Waals surface area contributed by atoms with Crippen LogP contribution < -0.4 is 5.56 Å². The van der Waals surface area contributed by atoms with E-state index in [0.29, 0.717) is 16.6 Å². The summed E-state index contributed by atoms with van der Waals surface area (Å²) in [5, 5.41) is 10.8. The highest BCUT2D eigenvalue weighted by Crippen LogP contribution is 2.34. The zero-order valence-corrected chi connectivity index (χ0v) is 15.1. The van der Waals surface area contributed by atoms with Crippen molar-refractivity contribution in [2.45, 2.75) is 20.0 Å². The van der Waals surface area contributed by atoms with Crippen molar-refractivity contribution in [3.05, 3.63) is 81.6 Å². The molecule has 1 heterocycles. The maximum Gasteiger partial charge on any atom is 0.416 e. The van der Waals surface area contributed by atoms with Crippen molar-refractivity contribution in [2.75, 3.05) is 0 Å². The first-order valence-electron chi connectivity index (χ1n) is 8.64. The van der Waals surface area contributed by atoms with Crippen LogP contribution in [0.4, 0.5) is 13.2 Å². The van der Waals surface area contributed by atoms with Gasteiger partial charge in [-0.15, -0.1) is 0 Å². The Bertz CT molecular complexity index is 1280. The first kappa shape index (κ1) is 18.1. The Kier molecular flexibility index (Phi) is 3.96. The second-order valence-corrected chi connectivity index (χ2v) is 6.84. The first-order chi connectivity index (χ1) is 13.2. The van der Waals surface area contributed by atoms with Crippen molar-refractivity contribution in [2.24, 2.45) is 0 Å². The highest BCUT2D eigenvalue weighted by molar-refractivity contribution is 6.06. The van der Waals surface area contributed by atoms with Gasteiger partial charge < -0.3 is 5.11 Å². The lowest BCUT2D eigenvalue weighted by atomic mass is 10.0. The fraction of sp³-hybridized carbons (Fsp3) is 0.136. The fourth-order valence-electron chi connectivity index (χ4n) is 3.67. The number of phenols is 1. The van der Waals surface area contributed by atoms with Gasteiger partial charge in [-0.05, 0) is 60.7 Å². The number of benzene rings is 3. The second kappa shape index (κ2) is 6.12. The lowest BCUT2D eigenvalue weighted by Gasteiger charge is -2.18. The van der Waals surface area contributed by atoms with Crippen LogP contribution in [0.5, 0.6) is 5.75 Å². The van der Waals surface area contributed by atoms with Crippen molar-refractivity contribution in [3.63, 3.8) is 0 Å². The van der Waals surface area contributed by atoms with Crippen LogP contribution in [0.2, 0.25) is 0 Å². The highest BCUT2D eigenvalue weighted by atomic mass is 19.4. The molecule has 0 unspecified atom stereocenters. The van der Waals surface area contributed by atoms with Crippen LogP contribution in [0.25, 0.3) is 27.4 Å². The van der Waals surface area contributed by atoms with Gasteiger partial charge in [0.1, 0.15) is 5.75 Å². The summed E-state index contributed by atoms with van der Waals surface area (Å²) in [7, 11) is 0. The Morgan fingerprint density at radius 2 is 1.50 bits per heavy atom. The summed E-state index contributed by atoms with van der Waals surface area (Å²) in [5.41, 5.74) is 1.45. The number of aromatic hydroxyl groups is 1. The Labute approximate surface area is 158 Å². The predicted octanol–water partition coefficient (Wildman–Crippen LogP) is 5.49. The molecular formula is C22H16F3NO2. The summed E-state index contributed by atoms with van der Waals surface area (Å²) in [6.07, 6.45) is -4.51. The average molecular weight is 383 g/mol. The molecule has 0 spiro atoms. The molecule has 28 heavy (non-hydrogen) atoms. The minimum absolute atomic E-state index is 0.0711. The third-order valence-electron chi connectivity index (χ3n) is 4.96. The number of phenolic OH excluding ortho intramolecular Hbond substituents is 1. The molecule has 3 aromatic carbocycles. The van der Waals surface area contributed by atoms with Crippen LogP contribution in [-0.2, 0) is 6.18 Å². The van der Waals surface area contributed by atoms with Crippen LogP contribution in [0.15, 0.2) is 59.4 Å². The third kappa shape index (κ3) is 2.72. The molecule has 1 aromatic heterocycles. The van der Waals surface area contributed by atoms with Crippen molar-refractivity contribution < 1.29 is 18.3 Å². The second-order valence-electron chi connectivity index (χ2n) is 6.84. The zero-order chi connectivity index (χ0) is 20.2. The lowest BCUT2D eigenvalue weighted by molar-refractivity contribution is -0.137. The molecule has 0 radical (unpaired) electrons. The number of hydrogen-bond acceptors (Lipinski definition) is 2. The van der Waals surface area contributed by atoms with E-state index in [-0.39, 0.29) is 16.5 Å². The number of rotatable bonds is 1. The number of aryl methyl sites for hydroxylation is 2. The smallest absolute Gasteiger partial charge is 0.416 e. The van der Waals surface area contributed by atoms with Crippen molar-refractivity contribution >= 4 is 21.7 Å². The molecule has 0 aliphatic carbocycles. The van der Waals surface area contributed by atoms with Gasteiger partial charge in [-0.3, -0.25) is 9.36 Å². The molecule has 3 nitrogen and oxygen atoms in total. The largest absolute Gasteiger partial charge is 0.508 e. The van der Waals surface area contributed by atoms with Gasteiger partial charge in [0.2, 0.25) is 0 Å². The summed E-state index contributed by atoms with van der Waals surface area (Å²) in [6, 6.07) is 13.1. The van der Waals surface area contributed by atoms with Crippen LogP contribution in [-0.4, -0.2) is 9.67 Å². The molecule has 0 bridgehead atoms. The topological polar surface area (TPSA) is 42.2 Å². The maximum atomic E-state index is 13.3. The third-order valence-corrected chi connectivity index (χ3v) is 4.96. The molecule has 0 saturated heterocycles. The minimum Gasteiger partial charge on any atom is -0.508 e. The van der Waals surface area contributed by atoms with Gasteiger partial charge in [0.15, 0.2) is 0 Å². The van der Waals surface area contributed by atoms with Crippen LogP contribution >= 0.6 is 0 Å². The molecule has 4 aromatic rings. The van der Waals surface area contributed by atoms with E-state index in [2.05, 4.69) is 0 Å². The molecule has 142 valence electrons. The standard InChI is InChI=1S/C22H16F3NO2/c1-12-4-3-5-13(2)20(12)26-19-11-15(27)7-9-16(19)18-10-14(22(23,24)25)6-8-17(18)21(26)28/h3-11,27H,1-2H3. The lowest BCUT2D eigenvalue weighted by Crippen LogP contribution is -2.21. The molecule has 0 fully saturated rings. The van der Waals surface area contributed by atoms with E-state index in [9.17, 15) is 23.1 Å². The molecule has 6 heteroatoms. The highest BCUT2D eigenvalue weighted by Gasteiger charge is 2.31. The van der Waals surface area contributed by atoms with E-state index < -0.39 is 17.3 Å². The number of nitrogens with zero attached hydrogens (tertiary/aromatic N) is 1. The molecule has 0 amide bonds. The molecule has 0 saturated carbocycles. The molecule has 0 atom stereocenters. The molecule has 1 N–H and O–H groups in total. The van der Waals surface area contributed by atoms with E-state index in [1.54, 1.807) is 0 Å². The molecule has 4 rings (SSSR count). The average Bonchev–Trinajstić information content (AvgIpc) is 2.62. The SMILES string of the molecule is Cc1cccc(C)c1-n1c(=O)c2ccc(C(F)(F)F)cc2c2ccc(O)cc21. The Balaban J connectivity index is 2.25. The van der Waals surface area contributed by atoms with Gasteiger partial charge in [-0.25, -0.2) is 0 Å². The molecule has 0 aliphatic rings. The van der Waals surface area contributed by atoms with Gasteiger partial charge in [-0.1, -0.05) is 18.2 Å². The van der Waals surface area contributed by atoms with Crippen molar-refractivity contribution in [1.82, 2.24) is 4.57 Å². The van der Waals surface area contributed by atoms with E-state index in [1.165, 1.54) is 28.8 Å². The van der Waals surface area contributed by atoms with Crippen LogP contribution in [0, 0.1) is 13.8 Å². The maximum absolute atomic E-state index is 13.3.